The highest BCUT2D eigenvalue weighted by atomic mass is 32.2. The zero-order chi connectivity index (χ0) is 12.3. The van der Waals surface area contributed by atoms with Gasteiger partial charge in [0, 0.05) is 22.6 Å². The Labute approximate surface area is 106 Å². The van der Waals surface area contributed by atoms with E-state index in [0.29, 0.717) is 0 Å². The molecule has 0 aliphatic carbocycles. The summed E-state index contributed by atoms with van der Waals surface area (Å²) in [5, 5.41) is 3.72. The molecule has 17 heavy (non-hydrogen) atoms. The van der Waals surface area contributed by atoms with Crippen molar-refractivity contribution in [1.82, 2.24) is 5.32 Å². The Kier molecular flexibility index (Phi) is 4.35. The van der Waals surface area contributed by atoms with E-state index in [0.717, 1.165) is 25.1 Å². The van der Waals surface area contributed by atoms with Crippen molar-refractivity contribution in [2.75, 3.05) is 12.3 Å². The molecule has 3 unspecified atom stereocenters. The number of hydrogen-bond donors (Lipinski definition) is 1. The summed E-state index contributed by atoms with van der Waals surface area (Å²) in [6.07, 6.45) is 2.08. The first kappa shape index (κ1) is 12.8. The lowest BCUT2D eigenvalue weighted by atomic mass is 10.0. The SMILES string of the molecule is CCc1ccc(C2NCCCS(=O)C2C)cc1. The van der Waals surface area contributed by atoms with Gasteiger partial charge < -0.3 is 5.32 Å². The van der Waals surface area contributed by atoms with Gasteiger partial charge in [0.15, 0.2) is 0 Å². The molecule has 1 heterocycles. The lowest BCUT2D eigenvalue weighted by molar-refractivity contribution is 0.535. The molecular formula is C14H21NOS. The van der Waals surface area contributed by atoms with Crippen LogP contribution in [0.3, 0.4) is 0 Å². The van der Waals surface area contributed by atoms with E-state index in [1.165, 1.54) is 11.1 Å². The van der Waals surface area contributed by atoms with Gasteiger partial charge in [-0.1, -0.05) is 31.2 Å². The average molecular weight is 251 g/mol. The maximum atomic E-state index is 12.0. The van der Waals surface area contributed by atoms with Crippen LogP contribution >= 0.6 is 0 Å². The number of aryl methyl sites for hydroxylation is 1. The highest BCUT2D eigenvalue weighted by Gasteiger charge is 2.26. The number of nitrogens with one attached hydrogen (secondary N) is 1. The second kappa shape index (κ2) is 5.78. The predicted octanol–water partition coefficient (Wildman–Crippen LogP) is 2.42. The molecule has 1 fully saturated rings. The van der Waals surface area contributed by atoms with Crippen LogP contribution in [0.1, 0.15) is 37.4 Å². The third kappa shape index (κ3) is 2.96. The minimum atomic E-state index is -0.703. The minimum Gasteiger partial charge on any atom is -0.309 e. The standard InChI is InChI=1S/C14H21NOS/c1-3-12-5-7-13(8-6-12)14-11(2)17(16)10-4-9-15-14/h5-8,11,14-15H,3-4,9-10H2,1-2H3. The van der Waals surface area contributed by atoms with Crippen molar-refractivity contribution in [3.05, 3.63) is 35.4 Å². The van der Waals surface area contributed by atoms with E-state index in [2.05, 4.69) is 43.4 Å². The van der Waals surface area contributed by atoms with Gasteiger partial charge in [0.25, 0.3) is 0 Å². The smallest absolute Gasteiger partial charge is 0.0514 e. The van der Waals surface area contributed by atoms with Gasteiger partial charge in [0.2, 0.25) is 0 Å². The Morgan fingerprint density at radius 1 is 1.35 bits per heavy atom. The van der Waals surface area contributed by atoms with Gasteiger partial charge in [0.1, 0.15) is 0 Å². The van der Waals surface area contributed by atoms with Crippen molar-refractivity contribution in [3.8, 4) is 0 Å². The second-order valence-corrected chi connectivity index (χ2v) is 6.58. The van der Waals surface area contributed by atoms with Crippen LogP contribution in [0.15, 0.2) is 24.3 Å². The molecule has 3 atom stereocenters. The van der Waals surface area contributed by atoms with Gasteiger partial charge in [0.05, 0.1) is 5.25 Å². The summed E-state index contributed by atoms with van der Waals surface area (Å²) >= 11 is 0. The van der Waals surface area contributed by atoms with Gasteiger partial charge in [-0.2, -0.15) is 0 Å². The Morgan fingerprint density at radius 3 is 2.71 bits per heavy atom. The number of benzene rings is 1. The van der Waals surface area contributed by atoms with Crippen molar-refractivity contribution >= 4 is 10.8 Å². The van der Waals surface area contributed by atoms with E-state index >= 15 is 0 Å². The summed E-state index contributed by atoms with van der Waals surface area (Å²) in [7, 11) is -0.703. The van der Waals surface area contributed by atoms with E-state index in [9.17, 15) is 4.21 Å². The van der Waals surface area contributed by atoms with Gasteiger partial charge in [-0.3, -0.25) is 4.21 Å². The lowest BCUT2D eigenvalue weighted by Crippen LogP contribution is -2.30. The molecule has 1 aliphatic rings. The Balaban J connectivity index is 2.20. The van der Waals surface area contributed by atoms with Crippen molar-refractivity contribution in [2.45, 2.75) is 38.0 Å². The van der Waals surface area contributed by atoms with Crippen LogP contribution in [-0.2, 0) is 17.2 Å². The van der Waals surface area contributed by atoms with Crippen LogP contribution in [0.4, 0.5) is 0 Å². The Morgan fingerprint density at radius 2 is 2.06 bits per heavy atom. The Bertz CT molecular complexity index is 388. The summed E-state index contributed by atoms with van der Waals surface area (Å²) in [5.74, 6) is 0.831. The minimum absolute atomic E-state index is 0.199. The fourth-order valence-electron chi connectivity index (χ4n) is 2.33. The first-order chi connectivity index (χ1) is 8.22. The molecule has 0 bridgehead atoms. The summed E-state index contributed by atoms with van der Waals surface area (Å²) in [6.45, 7) is 5.22. The quantitative estimate of drug-likeness (QED) is 0.874. The largest absolute Gasteiger partial charge is 0.309 e. The molecule has 0 aromatic heterocycles. The normalized spacial score (nSPS) is 29.9. The molecule has 1 aromatic carbocycles. The van der Waals surface area contributed by atoms with Crippen LogP contribution in [0.2, 0.25) is 0 Å². The van der Waals surface area contributed by atoms with Crippen LogP contribution < -0.4 is 5.32 Å². The van der Waals surface area contributed by atoms with Gasteiger partial charge in [-0.25, -0.2) is 0 Å². The molecule has 2 rings (SSSR count). The molecule has 1 saturated heterocycles. The van der Waals surface area contributed by atoms with Gasteiger partial charge in [-0.05, 0) is 37.4 Å². The van der Waals surface area contributed by atoms with E-state index in [-0.39, 0.29) is 11.3 Å². The molecular weight excluding hydrogens is 230 g/mol. The molecule has 3 heteroatoms. The van der Waals surface area contributed by atoms with E-state index < -0.39 is 10.8 Å². The third-order valence-electron chi connectivity index (χ3n) is 3.52. The van der Waals surface area contributed by atoms with Gasteiger partial charge in [-0.15, -0.1) is 0 Å². The van der Waals surface area contributed by atoms with Crippen molar-refractivity contribution in [3.63, 3.8) is 0 Å². The monoisotopic (exact) mass is 251 g/mol. The topological polar surface area (TPSA) is 29.1 Å². The summed E-state index contributed by atoms with van der Waals surface area (Å²) in [5.41, 5.74) is 2.63. The lowest BCUT2D eigenvalue weighted by Gasteiger charge is -2.22. The Hall–Kier alpha value is -0.670. The highest BCUT2D eigenvalue weighted by Crippen LogP contribution is 2.23. The van der Waals surface area contributed by atoms with Crippen LogP contribution in [-0.4, -0.2) is 21.8 Å². The zero-order valence-corrected chi connectivity index (χ0v) is 11.4. The maximum Gasteiger partial charge on any atom is 0.0514 e. The van der Waals surface area contributed by atoms with Crippen molar-refractivity contribution in [2.24, 2.45) is 0 Å². The number of rotatable bonds is 2. The molecule has 0 radical (unpaired) electrons. The summed E-state index contributed by atoms with van der Waals surface area (Å²) in [6, 6.07) is 8.95. The van der Waals surface area contributed by atoms with E-state index in [4.69, 9.17) is 0 Å². The van der Waals surface area contributed by atoms with Crippen molar-refractivity contribution < 1.29 is 4.21 Å². The van der Waals surface area contributed by atoms with Crippen LogP contribution in [0.5, 0.6) is 0 Å². The van der Waals surface area contributed by atoms with Crippen LogP contribution in [0, 0.1) is 0 Å². The highest BCUT2D eigenvalue weighted by molar-refractivity contribution is 7.85. The first-order valence-electron chi connectivity index (χ1n) is 6.41. The second-order valence-electron chi connectivity index (χ2n) is 4.67. The molecule has 1 aromatic rings. The van der Waals surface area contributed by atoms with Crippen LogP contribution in [0.25, 0.3) is 0 Å². The molecule has 0 amide bonds. The molecule has 1 N–H and O–H groups in total. The van der Waals surface area contributed by atoms with Gasteiger partial charge >= 0.3 is 0 Å². The number of hydrogen-bond acceptors (Lipinski definition) is 2. The average Bonchev–Trinajstić information content (AvgIpc) is 2.53. The first-order valence-corrected chi connectivity index (χ1v) is 7.80. The fraction of sp³-hybridized carbons (Fsp3) is 0.571. The third-order valence-corrected chi connectivity index (χ3v) is 5.31. The summed E-state index contributed by atoms with van der Waals surface area (Å²) in [4.78, 5) is 0. The maximum absolute atomic E-state index is 12.0. The van der Waals surface area contributed by atoms with E-state index in [1.807, 2.05) is 0 Å². The predicted molar refractivity (Wildman–Crippen MR) is 73.7 cm³/mol. The molecule has 1 aliphatic heterocycles. The molecule has 0 saturated carbocycles. The fourth-order valence-corrected chi connectivity index (χ4v) is 3.68. The molecule has 0 spiro atoms. The van der Waals surface area contributed by atoms with Crippen molar-refractivity contribution in [1.29, 1.82) is 0 Å². The molecule has 94 valence electrons. The summed E-state index contributed by atoms with van der Waals surface area (Å²) < 4.78 is 12.0. The zero-order valence-electron chi connectivity index (χ0n) is 10.6. The van der Waals surface area contributed by atoms with E-state index in [1.54, 1.807) is 0 Å². The molecule has 2 nitrogen and oxygen atoms in total.